The molecule has 0 aliphatic carbocycles. The van der Waals surface area contributed by atoms with Gasteiger partial charge in [0.05, 0.1) is 26.3 Å². The van der Waals surface area contributed by atoms with E-state index in [1.165, 1.54) is 32.5 Å². The number of aromatic nitrogens is 1. The minimum atomic E-state index is -0.750. The van der Waals surface area contributed by atoms with Crippen LogP contribution in [0.5, 0.6) is 23.0 Å². The van der Waals surface area contributed by atoms with Crippen LogP contribution in [0.25, 0.3) is 10.9 Å². The van der Waals surface area contributed by atoms with Gasteiger partial charge < -0.3 is 19.7 Å². The predicted octanol–water partition coefficient (Wildman–Crippen LogP) is 4.19. The number of carbonyl (C=O) groups is 2. The first-order chi connectivity index (χ1) is 17.3. The summed E-state index contributed by atoms with van der Waals surface area (Å²) >= 11 is 0. The molecule has 0 unspecified atom stereocenters. The molecule has 2 amide bonds. The summed E-state index contributed by atoms with van der Waals surface area (Å²) in [5.74, 6) is -1.80. The van der Waals surface area contributed by atoms with Crippen LogP contribution >= 0.6 is 0 Å². The van der Waals surface area contributed by atoms with Crippen molar-refractivity contribution in [2.24, 2.45) is 0 Å². The first-order valence-electron chi connectivity index (χ1n) is 11.0. The van der Waals surface area contributed by atoms with Gasteiger partial charge in [0.1, 0.15) is 34.1 Å². The Hall–Kier alpha value is -4.66. The van der Waals surface area contributed by atoms with Gasteiger partial charge in [0.2, 0.25) is 0 Å². The number of methoxy groups -OCH3 is 2. The third-order valence-electron chi connectivity index (χ3n) is 6.21. The maximum Gasteiger partial charge on any atom is 0.265 e. The SMILES string of the molecule is COc1ccc(CN2C(=O)c3c(c(O)c4ncc(Cc5ccc(F)cc5)cc4c3O)C2=O)c(OC)c1. The van der Waals surface area contributed by atoms with Gasteiger partial charge in [-0.25, -0.2) is 4.39 Å². The number of fused-ring (bicyclic) bond motifs is 2. The molecule has 0 spiro atoms. The molecule has 3 aromatic carbocycles. The van der Waals surface area contributed by atoms with E-state index < -0.39 is 23.3 Å². The predicted molar refractivity (Wildman–Crippen MR) is 128 cm³/mol. The lowest BCUT2D eigenvalue weighted by molar-refractivity contribution is 0.0640. The number of ether oxygens (including phenoxy) is 2. The number of hydrogen-bond donors (Lipinski definition) is 2. The molecule has 1 aliphatic heterocycles. The molecular weight excluding hydrogens is 467 g/mol. The lowest BCUT2D eigenvalue weighted by Gasteiger charge is -2.16. The smallest absolute Gasteiger partial charge is 0.265 e. The van der Waals surface area contributed by atoms with Crippen molar-refractivity contribution >= 4 is 22.7 Å². The quantitative estimate of drug-likeness (QED) is 0.309. The molecule has 4 aromatic rings. The van der Waals surface area contributed by atoms with E-state index in [0.717, 1.165) is 10.5 Å². The Kier molecular flexibility index (Phi) is 5.68. The van der Waals surface area contributed by atoms with Gasteiger partial charge in [-0.05, 0) is 47.9 Å². The van der Waals surface area contributed by atoms with Crippen molar-refractivity contribution in [3.63, 3.8) is 0 Å². The van der Waals surface area contributed by atoms with Gasteiger partial charge in [-0.1, -0.05) is 12.1 Å². The van der Waals surface area contributed by atoms with Crippen LogP contribution in [0, 0.1) is 5.82 Å². The number of carbonyl (C=O) groups excluding carboxylic acids is 2. The summed E-state index contributed by atoms with van der Waals surface area (Å²) in [6.45, 7) is -0.141. The highest BCUT2D eigenvalue weighted by molar-refractivity contribution is 6.26. The molecule has 2 heterocycles. The van der Waals surface area contributed by atoms with Crippen molar-refractivity contribution in [2.75, 3.05) is 14.2 Å². The van der Waals surface area contributed by atoms with Crippen LogP contribution in [0.1, 0.15) is 37.4 Å². The van der Waals surface area contributed by atoms with Crippen LogP contribution < -0.4 is 9.47 Å². The maximum atomic E-state index is 13.3. The summed E-state index contributed by atoms with van der Waals surface area (Å²) in [5.41, 5.74) is 1.44. The van der Waals surface area contributed by atoms with Crippen LogP contribution in [-0.2, 0) is 13.0 Å². The first kappa shape index (κ1) is 23.1. The Balaban J connectivity index is 1.54. The fourth-order valence-corrected chi connectivity index (χ4v) is 4.38. The van der Waals surface area contributed by atoms with Gasteiger partial charge >= 0.3 is 0 Å². The molecule has 182 valence electrons. The zero-order valence-corrected chi connectivity index (χ0v) is 19.4. The van der Waals surface area contributed by atoms with Crippen LogP contribution in [0.2, 0.25) is 0 Å². The maximum absolute atomic E-state index is 13.3. The van der Waals surface area contributed by atoms with Gasteiger partial charge in [-0.3, -0.25) is 19.5 Å². The van der Waals surface area contributed by atoms with Crippen molar-refractivity contribution in [1.29, 1.82) is 0 Å². The van der Waals surface area contributed by atoms with Crippen molar-refractivity contribution in [3.8, 4) is 23.0 Å². The van der Waals surface area contributed by atoms with Crippen molar-refractivity contribution in [2.45, 2.75) is 13.0 Å². The second-order valence-electron chi connectivity index (χ2n) is 8.36. The molecule has 8 nitrogen and oxygen atoms in total. The molecule has 5 rings (SSSR count). The second kappa shape index (κ2) is 8.84. The molecular formula is C27H21FN2O6. The Bertz CT molecular complexity index is 1530. The molecule has 1 aliphatic rings. The average Bonchev–Trinajstić information content (AvgIpc) is 3.14. The van der Waals surface area contributed by atoms with Crippen molar-refractivity contribution in [3.05, 3.63) is 88.4 Å². The zero-order chi connectivity index (χ0) is 25.6. The lowest BCUT2D eigenvalue weighted by Crippen LogP contribution is -2.29. The largest absolute Gasteiger partial charge is 0.506 e. The Morgan fingerprint density at radius 1 is 0.889 bits per heavy atom. The van der Waals surface area contributed by atoms with Crippen LogP contribution in [0.4, 0.5) is 4.39 Å². The Morgan fingerprint density at radius 2 is 1.58 bits per heavy atom. The molecule has 0 bridgehead atoms. The highest BCUT2D eigenvalue weighted by Gasteiger charge is 2.42. The molecule has 1 aromatic heterocycles. The van der Waals surface area contributed by atoms with Gasteiger partial charge in [-0.15, -0.1) is 0 Å². The van der Waals surface area contributed by atoms with E-state index in [9.17, 15) is 24.2 Å². The number of rotatable bonds is 6. The lowest BCUT2D eigenvalue weighted by atomic mass is 9.99. The molecule has 9 heteroatoms. The number of aromatic hydroxyl groups is 2. The van der Waals surface area contributed by atoms with Crippen LogP contribution in [0.3, 0.4) is 0 Å². The minimum Gasteiger partial charge on any atom is -0.506 e. The highest BCUT2D eigenvalue weighted by Crippen LogP contribution is 2.44. The zero-order valence-electron chi connectivity index (χ0n) is 19.4. The van der Waals surface area contributed by atoms with E-state index >= 15 is 0 Å². The van der Waals surface area contributed by atoms with Crippen LogP contribution in [0.15, 0.2) is 54.7 Å². The van der Waals surface area contributed by atoms with Gasteiger partial charge in [0, 0.05) is 23.2 Å². The molecule has 0 radical (unpaired) electrons. The number of amides is 2. The Labute approximate surface area is 205 Å². The highest BCUT2D eigenvalue weighted by atomic mass is 19.1. The molecule has 2 N–H and O–H groups in total. The van der Waals surface area contributed by atoms with E-state index in [0.29, 0.717) is 29.0 Å². The summed E-state index contributed by atoms with van der Waals surface area (Å²) in [6, 6.07) is 12.5. The van der Waals surface area contributed by atoms with E-state index in [-0.39, 0.29) is 34.4 Å². The second-order valence-corrected chi connectivity index (χ2v) is 8.36. The number of benzene rings is 3. The molecule has 0 fully saturated rings. The van der Waals surface area contributed by atoms with E-state index in [4.69, 9.17) is 9.47 Å². The number of imide groups is 1. The van der Waals surface area contributed by atoms with Gasteiger partial charge in [0.15, 0.2) is 5.75 Å². The van der Waals surface area contributed by atoms with Gasteiger partial charge in [-0.2, -0.15) is 0 Å². The molecule has 0 saturated heterocycles. The number of halogens is 1. The fourth-order valence-electron chi connectivity index (χ4n) is 4.38. The third-order valence-corrected chi connectivity index (χ3v) is 6.21. The number of phenolic OH excluding ortho intramolecular Hbond substituents is 2. The Morgan fingerprint density at radius 3 is 2.25 bits per heavy atom. The first-order valence-corrected chi connectivity index (χ1v) is 11.0. The average molecular weight is 488 g/mol. The monoisotopic (exact) mass is 488 g/mol. The summed E-state index contributed by atoms with van der Waals surface area (Å²) < 4.78 is 23.8. The van der Waals surface area contributed by atoms with Crippen molar-refractivity contribution < 1.29 is 33.7 Å². The number of pyridine rings is 1. The molecule has 36 heavy (non-hydrogen) atoms. The topological polar surface area (TPSA) is 109 Å². The number of phenols is 2. The summed E-state index contributed by atoms with van der Waals surface area (Å²) in [6.07, 6.45) is 1.88. The third kappa shape index (κ3) is 3.74. The standard InChI is InChI=1S/C27H21FN2O6/c1-35-18-8-5-16(20(11-18)36-2)13-30-26(33)21-22(27(30)34)25(32)23-19(24(21)31)10-15(12-29-23)9-14-3-6-17(28)7-4-14/h3-8,10-12,31-32H,9,13H2,1-2H3. The summed E-state index contributed by atoms with van der Waals surface area (Å²) in [7, 11) is 2.97. The number of nitrogens with zero attached hydrogens (tertiary/aromatic N) is 2. The minimum absolute atomic E-state index is 0.000802. The summed E-state index contributed by atoms with van der Waals surface area (Å²) in [4.78, 5) is 31.7. The van der Waals surface area contributed by atoms with E-state index in [1.54, 1.807) is 36.4 Å². The molecule has 0 atom stereocenters. The van der Waals surface area contributed by atoms with E-state index in [1.807, 2.05) is 0 Å². The number of hydrogen-bond acceptors (Lipinski definition) is 7. The van der Waals surface area contributed by atoms with Crippen molar-refractivity contribution in [1.82, 2.24) is 9.88 Å². The molecule has 0 saturated carbocycles. The van der Waals surface area contributed by atoms with Crippen LogP contribution in [-0.4, -0.2) is 46.1 Å². The normalized spacial score (nSPS) is 12.8. The van der Waals surface area contributed by atoms with Gasteiger partial charge in [0.25, 0.3) is 11.8 Å². The van der Waals surface area contributed by atoms with E-state index in [2.05, 4.69) is 4.98 Å². The fraction of sp³-hybridized carbons (Fsp3) is 0.148. The summed E-state index contributed by atoms with van der Waals surface area (Å²) in [5, 5.41) is 22.0.